The Morgan fingerprint density at radius 2 is 1.87 bits per heavy atom. The number of aliphatic hydroxyl groups is 1. The van der Waals surface area contributed by atoms with Gasteiger partial charge in [-0.1, -0.05) is 30.3 Å². The van der Waals surface area contributed by atoms with E-state index in [2.05, 4.69) is 0 Å². The second kappa shape index (κ2) is 5.85. The van der Waals surface area contributed by atoms with Crippen molar-refractivity contribution in [2.75, 3.05) is 27.8 Å². The van der Waals surface area contributed by atoms with Crippen LogP contribution in [0.4, 0.5) is 0 Å². The molecule has 0 fully saturated rings. The van der Waals surface area contributed by atoms with Gasteiger partial charge in [-0.15, -0.1) is 0 Å². The zero-order chi connectivity index (χ0) is 11.3. The van der Waals surface area contributed by atoms with Gasteiger partial charge >= 0.3 is 0 Å². The Kier molecular flexibility index (Phi) is 4.75. The second-order valence-corrected chi connectivity index (χ2v) is 3.84. The average molecular weight is 209 g/mol. The summed E-state index contributed by atoms with van der Waals surface area (Å²) in [5.41, 5.74) is 0.924. The summed E-state index contributed by atoms with van der Waals surface area (Å²) in [6.07, 6.45) is -0.513. The fraction of sp³-hybridized carbons (Fsp3) is 0.500. The van der Waals surface area contributed by atoms with Crippen LogP contribution >= 0.6 is 0 Å². The molecule has 3 heteroatoms. The second-order valence-electron chi connectivity index (χ2n) is 3.84. The molecule has 0 bridgehead atoms. The largest absolute Gasteiger partial charge is 0.387 e. The molecule has 1 rings (SSSR count). The molecule has 0 spiro atoms. The first-order valence-corrected chi connectivity index (χ1v) is 5.05. The highest BCUT2D eigenvalue weighted by molar-refractivity contribution is 5.18. The molecule has 1 N–H and O–H groups in total. The van der Waals surface area contributed by atoms with Gasteiger partial charge in [-0.3, -0.25) is 0 Å². The SMILES string of the molecule is COC[C@H]([C@@H](O)c1ccccc1)N(C)C. The highest BCUT2D eigenvalue weighted by Gasteiger charge is 2.22. The Morgan fingerprint density at radius 1 is 1.27 bits per heavy atom. The van der Waals surface area contributed by atoms with E-state index in [1.165, 1.54) is 0 Å². The van der Waals surface area contributed by atoms with E-state index in [0.29, 0.717) is 6.61 Å². The Labute approximate surface area is 91.3 Å². The van der Waals surface area contributed by atoms with Crippen molar-refractivity contribution in [1.82, 2.24) is 4.90 Å². The number of likely N-dealkylation sites (N-methyl/N-ethyl adjacent to an activating group) is 1. The summed E-state index contributed by atoms with van der Waals surface area (Å²) in [6, 6.07) is 9.64. The van der Waals surface area contributed by atoms with Crippen LogP contribution in [0.3, 0.4) is 0 Å². The van der Waals surface area contributed by atoms with Crippen molar-refractivity contribution in [3.8, 4) is 0 Å². The number of hydrogen-bond donors (Lipinski definition) is 1. The molecule has 1 aromatic rings. The highest BCUT2D eigenvalue weighted by Crippen LogP contribution is 2.19. The molecular weight excluding hydrogens is 190 g/mol. The third-order valence-electron chi connectivity index (χ3n) is 2.51. The van der Waals surface area contributed by atoms with Crippen LogP contribution in [0.5, 0.6) is 0 Å². The van der Waals surface area contributed by atoms with Crippen LogP contribution in [0.25, 0.3) is 0 Å². The van der Waals surface area contributed by atoms with Crippen molar-refractivity contribution in [1.29, 1.82) is 0 Å². The van der Waals surface area contributed by atoms with Gasteiger partial charge < -0.3 is 14.7 Å². The van der Waals surface area contributed by atoms with Crippen LogP contribution in [-0.4, -0.2) is 43.9 Å². The van der Waals surface area contributed by atoms with E-state index < -0.39 is 6.10 Å². The molecule has 0 aliphatic heterocycles. The fourth-order valence-electron chi connectivity index (χ4n) is 1.57. The average Bonchev–Trinajstić information content (AvgIpc) is 2.26. The van der Waals surface area contributed by atoms with Gasteiger partial charge in [-0.05, 0) is 19.7 Å². The molecule has 84 valence electrons. The maximum absolute atomic E-state index is 10.2. The van der Waals surface area contributed by atoms with Crippen LogP contribution in [0.2, 0.25) is 0 Å². The summed E-state index contributed by atoms with van der Waals surface area (Å²) >= 11 is 0. The van der Waals surface area contributed by atoms with Gasteiger partial charge in [0.05, 0.1) is 18.8 Å². The van der Waals surface area contributed by atoms with E-state index in [0.717, 1.165) is 5.56 Å². The van der Waals surface area contributed by atoms with Crippen LogP contribution < -0.4 is 0 Å². The maximum atomic E-state index is 10.2. The van der Waals surface area contributed by atoms with Gasteiger partial charge in [0.2, 0.25) is 0 Å². The lowest BCUT2D eigenvalue weighted by atomic mass is 10.0. The lowest BCUT2D eigenvalue weighted by Crippen LogP contribution is -2.37. The molecule has 0 aliphatic carbocycles. The molecule has 15 heavy (non-hydrogen) atoms. The first-order chi connectivity index (χ1) is 7.16. The molecule has 3 nitrogen and oxygen atoms in total. The predicted octanol–water partition coefficient (Wildman–Crippen LogP) is 1.30. The number of hydrogen-bond acceptors (Lipinski definition) is 3. The standard InChI is InChI=1S/C12H19NO2/c1-13(2)11(9-15-3)12(14)10-7-5-4-6-8-10/h4-8,11-12,14H,9H2,1-3H3/t11-,12+/m1/s1. The number of methoxy groups -OCH3 is 1. The summed E-state index contributed by atoms with van der Waals surface area (Å²) in [7, 11) is 5.53. The highest BCUT2D eigenvalue weighted by atomic mass is 16.5. The summed E-state index contributed by atoms with van der Waals surface area (Å²) in [5.74, 6) is 0. The van der Waals surface area contributed by atoms with Crippen LogP contribution in [-0.2, 0) is 4.74 Å². The predicted molar refractivity (Wildman–Crippen MR) is 60.8 cm³/mol. The van der Waals surface area contributed by atoms with E-state index >= 15 is 0 Å². The Bertz CT molecular complexity index is 274. The van der Waals surface area contributed by atoms with Crippen molar-refractivity contribution in [2.45, 2.75) is 12.1 Å². The summed E-state index contributed by atoms with van der Waals surface area (Å²) < 4.78 is 5.11. The van der Waals surface area contributed by atoms with Crippen molar-refractivity contribution in [3.05, 3.63) is 35.9 Å². The molecule has 0 amide bonds. The first-order valence-electron chi connectivity index (χ1n) is 5.05. The van der Waals surface area contributed by atoms with Gasteiger partial charge in [0, 0.05) is 7.11 Å². The molecule has 0 aliphatic rings. The zero-order valence-corrected chi connectivity index (χ0v) is 9.55. The van der Waals surface area contributed by atoms with E-state index in [1.807, 2.05) is 49.3 Å². The topological polar surface area (TPSA) is 32.7 Å². The van der Waals surface area contributed by atoms with Crippen LogP contribution in [0.1, 0.15) is 11.7 Å². The number of rotatable bonds is 5. The van der Waals surface area contributed by atoms with E-state index in [-0.39, 0.29) is 6.04 Å². The molecule has 0 unspecified atom stereocenters. The van der Waals surface area contributed by atoms with Crippen molar-refractivity contribution >= 4 is 0 Å². The molecular formula is C12H19NO2. The number of benzene rings is 1. The van der Waals surface area contributed by atoms with Crippen molar-refractivity contribution in [3.63, 3.8) is 0 Å². The van der Waals surface area contributed by atoms with Crippen LogP contribution in [0, 0.1) is 0 Å². The minimum Gasteiger partial charge on any atom is -0.387 e. The first kappa shape index (κ1) is 12.2. The Morgan fingerprint density at radius 3 is 2.33 bits per heavy atom. The van der Waals surface area contributed by atoms with E-state index in [9.17, 15) is 5.11 Å². The third-order valence-corrected chi connectivity index (χ3v) is 2.51. The van der Waals surface area contributed by atoms with Crippen molar-refractivity contribution in [2.24, 2.45) is 0 Å². The third kappa shape index (κ3) is 3.30. The number of aliphatic hydroxyl groups excluding tert-OH is 1. The molecule has 2 atom stereocenters. The summed E-state index contributed by atoms with van der Waals surface area (Å²) in [5, 5.41) is 10.2. The molecule has 0 radical (unpaired) electrons. The fourth-order valence-corrected chi connectivity index (χ4v) is 1.57. The normalized spacial score (nSPS) is 15.3. The summed E-state index contributed by atoms with van der Waals surface area (Å²) in [4.78, 5) is 1.97. The van der Waals surface area contributed by atoms with Gasteiger partial charge in [0.1, 0.15) is 0 Å². The number of nitrogens with zero attached hydrogens (tertiary/aromatic N) is 1. The molecule has 0 saturated heterocycles. The Hall–Kier alpha value is -0.900. The lowest BCUT2D eigenvalue weighted by molar-refractivity contribution is 0.0232. The van der Waals surface area contributed by atoms with Crippen LogP contribution in [0.15, 0.2) is 30.3 Å². The van der Waals surface area contributed by atoms with Gasteiger partial charge in [-0.25, -0.2) is 0 Å². The van der Waals surface area contributed by atoms with Gasteiger partial charge in [0.25, 0.3) is 0 Å². The monoisotopic (exact) mass is 209 g/mol. The molecule has 0 heterocycles. The zero-order valence-electron chi connectivity index (χ0n) is 9.55. The number of ether oxygens (including phenoxy) is 1. The lowest BCUT2D eigenvalue weighted by Gasteiger charge is -2.28. The molecule has 0 saturated carbocycles. The van der Waals surface area contributed by atoms with Crippen molar-refractivity contribution < 1.29 is 9.84 Å². The smallest absolute Gasteiger partial charge is 0.0967 e. The van der Waals surface area contributed by atoms with Gasteiger partial charge in [0.15, 0.2) is 0 Å². The van der Waals surface area contributed by atoms with E-state index in [1.54, 1.807) is 7.11 Å². The molecule has 0 aromatic heterocycles. The molecule has 1 aromatic carbocycles. The van der Waals surface area contributed by atoms with E-state index in [4.69, 9.17) is 4.74 Å². The quantitative estimate of drug-likeness (QED) is 0.793. The van der Waals surface area contributed by atoms with Gasteiger partial charge in [-0.2, -0.15) is 0 Å². The minimum atomic E-state index is -0.513. The summed E-state index contributed by atoms with van der Waals surface area (Å²) in [6.45, 7) is 0.517. The minimum absolute atomic E-state index is 0.0163. The maximum Gasteiger partial charge on any atom is 0.0967 e. The Balaban J connectivity index is 2.76.